The molecule has 0 bridgehead atoms. The van der Waals surface area contributed by atoms with Crippen LogP contribution in [0, 0.1) is 0 Å². The number of nitrogens with zero attached hydrogens (tertiary/aromatic N) is 2. The molecule has 0 aliphatic carbocycles. The normalized spacial score (nSPS) is 19.0. The molecule has 0 aromatic heterocycles. The fourth-order valence-electron chi connectivity index (χ4n) is 4.16. The van der Waals surface area contributed by atoms with Gasteiger partial charge in [0.1, 0.15) is 6.17 Å². The van der Waals surface area contributed by atoms with E-state index < -0.39 is 0 Å². The number of halogens is 2. The Morgan fingerprint density at radius 3 is 2.60 bits per heavy atom. The molecular weight excluding hydrogens is 425 g/mol. The van der Waals surface area contributed by atoms with Crippen LogP contribution in [0.25, 0.3) is 0 Å². The Bertz CT molecular complexity index is 960. The minimum absolute atomic E-state index is 0.000785. The maximum absolute atomic E-state index is 13.3. The van der Waals surface area contributed by atoms with E-state index in [1.165, 1.54) is 0 Å². The largest absolute Gasteiger partial charge is 0.450 e. The highest BCUT2D eigenvalue weighted by molar-refractivity contribution is 6.36. The molecule has 1 atom stereocenters. The molecule has 0 spiro atoms. The van der Waals surface area contributed by atoms with Crippen LogP contribution in [0.2, 0.25) is 10.0 Å². The van der Waals surface area contributed by atoms with Crippen LogP contribution in [0.3, 0.4) is 0 Å². The van der Waals surface area contributed by atoms with Gasteiger partial charge >= 0.3 is 6.09 Å². The van der Waals surface area contributed by atoms with Crippen LogP contribution in [0.4, 0.5) is 10.5 Å². The van der Waals surface area contributed by atoms with E-state index in [-0.39, 0.29) is 24.2 Å². The molecule has 1 fully saturated rings. The number of likely N-dealkylation sites (tertiary alicyclic amines) is 1. The summed E-state index contributed by atoms with van der Waals surface area (Å²) in [6, 6.07) is 12.9. The lowest BCUT2D eigenvalue weighted by Crippen LogP contribution is -2.49. The van der Waals surface area contributed by atoms with Gasteiger partial charge in [-0.15, -0.1) is 0 Å². The second-order valence-electron chi connectivity index (χ2n) is 7.39. The zero-order valence-corrected chi connectivity index (χ0v) is 18.1. The van der Waals surface area contributed by atoms with Gasteiger partial charge in [0.2, 0.25) is 0 Å². The van der Waals surface area contributed by atoms with Crippen molar-refractivity contribution in [2.75, 3.05) is 25.0 Å². The third-order valence-corrected chi connectivity index (χ3v) is 6.15. The second kappa shape index (κ2) is 8.74. The zero-order valence-electron chi connectivity index (χ0n) is 16.6. The molecule has 158 valence electrons. The molecule has 2 amide bonds. The number of piperidine rings is 1. The smallest absolute Gasteiger partial charge is 0.409 e. The van der Waals surface area contributed by atoms with Gasteiger partial charge in [-0.05, 0) is 44.0 Å². The van der Waals surface area contributed by atoms with E-state index in [0.717, 1.165) is 5.56 Å². The first-order valence-corrected chi connectivity index (χ1v) is 10.8. The molecule has 1 saturated heterocycles. The molecule has 2 aromatic carbocycles. The Labute approximate surface area is 185 Å². The average molecular weight is 448 g/mol. The maximum Gasteiger partial charge on any atom is 0.409 e. The van der Waals surface area contributed by atoms with Gasteiger partial charge in [-0.3, -0.25) is 4.79 Å². The van der Waals surface area contributed by atoms with Gasteiger partial charge < -0.3 is 19.9 Å². The highest BCUT2D eigenvalue weighted by atomic mass is 35.5. The number of hydrogen-bond acceptors (Lipinski definition) is 4. The molecule has 2 aliphatic rings. The minimum Gasteiger partial charge on any atom is -0.450 e. The first-order valence-electron chi connectivity index (χ1n) is 10.0. The Balaban J connectivity index is 1.58. The number of carbonyl (C=O) groups excluding carboxylic acids is 2. The number of ether oxygens (including phenoxy) is 1. The predicted molar refractivity (Wildman–Crippen MR) is 117 cm³/mol. The quantitative estimate of drug-likeness (QED) is 0.700. The topological polar surface area (TPSA) is 61.9 Å². The third kappa shape index (κ3) is 3.94. The van der Waals surface area contributed by atoms with E-state index in [4.69, 9.17) is 27.9 Å². The van der Waals surface area contributed by atoms with Crippen molar-refractivity contribution < 1.29 is 14.3 Å². The Kier molecular flexibility index (Phi) is 6.06. The third-order valence-electron chi connectivity index (χ3n) is 5.61. The Hall–Kier alpha value is -2.44. The molecular formula is C22H23Cl2N3O3. The van der Waals surface area contributed by atoms with E-state index in [2.05, 4.69) is 5.32 Å². The average Bonchev–Trinajstić information content (AvgIpc) is 3.02. The minimum atomic E-state index is -0.341. The number of nitrogens with one attached hydrogen (secondary N) is 1. The summed E-state index contributed by atoms with van der Waals surface area (Å²) in [4.78, 5) is 28.9. The molecule has 2 heterocycles. The molecule has 0 saturated carbocycles. The maximum atomic E-state index is 13.3. The zero-order chi connectivity index (χ0) is 21.3. The summed E-state index contributed by atoms with van der Waals surface area (Å²) in [6.07, 6.45) is 0.733. The van der Waals surface area contributed by atoms with Crippen molar-refractivity contribution in [2.45, 2.75) is 32.0 Å². The van der Waals surface area contributed by atoms with E-state index in [1.54, 1.807) is 24.0 Å². The van der Waals surface area contributed by atoms with Crippen molar-refractivity contribution in [3.8, 4) is 0 Å². The molecule has 2 aromatic rings. The van der Waals surface area contributed by atoms with Crippen LogP contribution in [0.5, 0.6) is 0 Å². The van der Waals surface area contributed by atoms with Crippen molar-refractivity contribution in [1.29, 1.82) is 0 Å². The number of rotatable bonds is 4. The molecule has 0 radical (unpaired) electrons. The highest BCUT2D eigenvalue weighted by Gasteiger charge is 2.42. The van der Waals surface area contributed by atoms with Gasteiger partial charge in [0.15, 0.2) is 0 Å². The number of amides is 2. The van der Waals surface area contributed by atoms with Gasteiger partial charge in [-0.2, -0.15) is 0 Å². The summed E-state index contributed by atoms with van der Waals surface area (Å²) >= 11 is 12.4. The molecule has 1 unspecified atom stereocenters. The van der Waals surface area contributed by atoms with E-state index in [0.29, 0.717) is 53.8 Å². The van der Waals surface area contributed by atoms with Crippen LogP contribution < -0.4 is 5.32 Å². The van der Waals surface area contributed by atoms with Crippen molar-refractivity contribution in [3.05, 3.63) is 63.6 Å². The Morgan fingerprint density at radius 2 is 1.90 bits per heavy atom. The molecule has 30 heavy (non-hydrogen) atoms. The van der Waals surface area contributed by atoms with Crippen LogP contribution in [-0.2, 0) is 4.74 Å². The lowest BCUT2D eigenvalue weighted by molar-refractivity contribution is 0.0496. The SMILES string of the molecule is CCOC(=O)N1CCC(N2C(=O)c3ccccc3C2Nc2ccc(Cl)cc2Cl)CC1. The van der Waals surface area contributed by atoms with E-state index >= 15 is 0 Å². The lowest BCUT2D eigenvalue weighted by Gasteiger charge is -2.39. The van der Waals surface area contributed by atoms with Crippen LogP contribution >= 0.6 is 23.2 Å². The second-order valence-corrected chi connectivity index (χ2v) is 8.23. The summed E-state index contributed by atoms with van der Waals surface area (Å²) in [5, 5.41) is 4.48. The molecule has 8 heteroatoms. The number of benzene rings is 2. The lowest BCUT2D eigenvalue weighted by atomic mass is 10.0. The number of fused-ring (bicyclic) bond motifs is 1. The van der Waals surface area contributed by atoms with Crippen molar-refractivity contribution in [2.24, 2.45) is 0 Å². The first kappa shape index (κ1) is 20.8. The highest BCUT2D eigenvalue weighted by Crippen LogP contribution is 2.39. The summed E-state index contributed by atoms with van der Waals surface area (Å²) in [6.45, 7) is 3.26. The summed E-state index contributed by atoms with van der Waals surface area (Å²) < 4.78 is 5.11. The molecule has 4 rings (SSSR count). The fraction of sp³-hybridized carbons (Fsp3) is 0.364. The Morgan fingerprint density at radius 1 is 1.17 bits per heavy atom. The van der Waals surface area contributed by atoms with Crippen LogP contribution in [0.1, 0.15) is 41.9 Å². The van der Waals surface area contributed by atoms with Gasteiger partial charge in [0.25, 0.3) is 5.91 Å². The van der Waals surface area contributed by atoms with Crippen molar-refractivity contribution >= 4 is 40.9 Å². The number of hydrogen-bond donors (Lipinski definition) is 1. The molecule has 2 aliphatic heterocycles. The van der Waals surface area contributed by atoms with Gasteiger partial charge in [-0.25, -0.2) is 4.79 Å². The fourth-order valence-corrected chi connectivity index (χ4v) is 4.62. The molecule has 1 N–H and O–H groups in total. The number of carbonyl (C=O) groups is 2. The summed E-state index contributed by atoms with van der Waals surface area (Å²) in [5.74, 6) is -0.0113. The predicted octanol–water partition coefficient (Wildman–Crippen LogP) is 5.18. The summed E-state index contributed by atoms with van der Waals surface area (Å²) in [5.41, 5.74) is 2.32. The van der Waals surface area contributed by atoms with Crippen LogP contribution in [0.15, 0.2) is 42.5 Å². The van der Waals surface area contributed by atoms with Gasteiger partial charge in [-0.1, -0.05) is 41.4 Å². The summed E-state index contributed by atoms with van der Waals surface area (Å²) in [7, 11) is 0. The number of anilines is 1. The van der Waals surface area contributed by atoms with Crippen molar-refractivity contribution in [1.82, 2.24) is 9.80 Å². The standard InChI is InChI=1S/C22H23Cl2N3O3/c1-2-30-22(29)26-11-9-15(10-12-26)27-20(16-5-3-4-6-17(16)21(27)28)25-19-8-7-14(23)13-18(19)24/h3-8,13,15,20,25H,2,9-12H2,1H3. The molecule has 6 nitrogen and oxygen atoms in total. The van der Waals surface area contributed by atoms with E-state index in [1.807, 2.05) is 35.2 Å². The first-order chi connectivity index (χ1) is 14.5. The monoisotopic (exact) mass is 447 g/mol. The van der Waals surface area contributed by atoms with E-state index in [9.17, 15) is 9.59 Å². The van der Waals surface area contributed by atoms with Crippen molar-refractivity contribution in [3.63, 3.8) is 0 Å². The van der Waals surface area contributed by atoms with Crippen LogP contribution in [-0.4, -0.2) is 47.5 Å². The van der Waals surface area contributed by atoms with Gasteiger partial charge in [0, 0.05) is 35.3 Å². The van der Waals surface area contributed by atoms with Gasteiger partial charge in [0.05, 0.1) is 17.3 Å².